The van der Waals surface area contributed by atoms with E-state index < -0.39 is 0 Å². The monoisotopic (exact) mass is 436 g/mol. The molecule has 0 saturated carbocycles. The third-order valence-corrected chi connectivity index (χ3v) is 6.91. The summed E-state index contributed by atoms with van der Waals surface area (Å²) in [6, 6.07) is 20.2. The maximum absolute atomic E-state index is 13.1. The summed E-state index contributed by atoms with van der Waals surface area (Å²) in [6.45, 7) is 1.16. The number of carbonyl (C=O) groups excluding carboxylic acids is 1. The number of para-hydroxylation sites is 2. The van der Waals surface area contributed by atoms with E-state index in [9.17, 15) is 4.79 Å². The van der Waals surface area contributed by atoms with Gasteiger partial charge in [-0.15, -0.1) is 22.7 Å². The number of aryl methyl sites for hydroxylation is 1. The van der Waals surface area contributed by atoms with Crippen molar-refractivity contribution in [3.63, 3.8) is 0 Å². The fraction of sp³-hybridized carbons (Fsp3) is 0.250. The number of fused-ring (bicyclic) bond motifs is 1. The second kappa shape index (κ2) is 9.87. The number of carbonyl (C=O) groups is 1. The van der Waals surface area contributed by atoms with Gasteiger partial charge in [0.1, 0.15) is 5.75 Å². The first-order valence-electron chi connectivity index (χ1n) is 9.99. The Morgan fingerprint density at radius 2 is 1.87 bits per heavy atom. The van der Waals surface area contributed by atoms with Gasteiger partial charge in [-0.05, 0) is 42.5 Å². The molecule has 0 atom stereocenters. The van der Waals surface area contributed by atoms with Gasteiger partial charge in [0, 0.05) is 23.4 Å². The molecule has 0 fully saturated rings. The van der Waals surface area contributed by atoms with Crippen LogP contribution in [0.2, 0.25) is 0 Å². The van der Waals surface area contributed by atoms with Crippen molar-refractivity contribution in [1.82, 2.24) is 9.88 Å². The highest BCUT2D eigenvalue weighted by molar-refractivity contribution is 7.18. The van der Waals surface area contributed by atoms with E-state index in [1.165, 1.54) is 9.58 Å². The number of thiophene rings is 1. The molecule has 0 N–H and O–H groups in total. The van der Waals surface area contributed by atoms with Crippen LogP contribution < -0.4 is 4.74 Å². The average Bonchev–Trinajstić information content (AvgIpc) is 3.42. The zero-order chi connectivity index (χ0) is 20.8. The molecule has 4 rings (SSSR count). The summed E-state index contributed by atoms with van der Waals surface area (Å²) in [5, 5.41) is 3.15. The lowest BCUT2D eigenvalue weighted by atomic mass is 10.1. The topological polar surface area (TPSA) is 42.4 Å². The average molecular weight is 437 g/mol. The van der Waals surface area contributed by atoms with Gasteiger partial charge in [-0.25, -0.2) is 4.98 Å². The van der Waals surface area contributed by atoms with Crippen molar-refractivity contribution >= 4 is 38.8 Å². The van der Waals surface area contributed by atoms with Gasteiger partial charge >= 0.3 is 0 Å². The number of hydrogen-bond acceptors (Lipinski definition) is 5. The molecule has 0 saturated heterocycles. The highest BCUT2D eigenvalue weighted by atomic mass is 32.1. The number of amides is 1. The number of aromatic nitrogens is 1. The molecule has 0 unspecified atom stereocenters. The van der Waals surface area contributed by atoms with Crippen molar-refractivity contribution in [2.75, 3.05) is 7.11 Å². The van der Waals surface area contributed by atoms with Gasteiger partial charge in [-0.1, -0.05) is 36.4 Å². The van der Waals surface area contributed by atoms with Crippen molar-refractivity contribution in [2.45, 2.75) is 32.4 Å². The first-order valence-corrected chi connectivity index (χ1v) is 11.7. The lowest BCUT2D eigenvalue weighted by Crippen LogP contribution is -2.29. The predicted octanol–water partition coefficient (Wildman–Crippen LogP) is 5.92. The van der Waals surface area contributed by atoms with Gasteiger partial charge in [0.2, 0.25) is 5.91 Å². The molecule has 0 spiro atoms. The molecule has 4 aromatic rings. The zero-order valence-corrected chi connectivity index (χ0v) is 18.5. The Hall–Kier alpha value is -2.70. The Morgan fingerprint density at radius 1 is 1.03 bits per heavy atom. The highest BCUT2D eigenvalue weighted by Crippen LogP contribution is 2.24. The van der Waals surface area contributed by atoms with E-state index in [1.807, 2.05) is 58.8 Å². The van der Waals surface area contributed by atoms with Crippen LogP contribution in [0.15, 0.2) is 66.0 Å². The molecule has 6 heteroatoms. The summed E-state index contributed by atoms with van der Waals surface area (Å²) in [5.41, 5.74) is 2.07. The smallest absolute Gasteiger partial charge is 0.223 e. The zero-order valence-electron chi connectivity index (χ0n) is 16.9. The Bertz CT molecular complexity index is 1070. The van der Waals surface area contributed by atoms with E-state index in [0.717, 1.165) is 34.7 Å². The van der Waals surface area contributed by atoms with Crippen LogP contribution in [0.25, 0.3) is 10.2 Å². The molecule has 2 aromatic carbocycles. The van der Waals surface area contributed by atoms with E-state index in [2.05, 4.69) is 17.1 Å². The third kappa shape index (κ3) is 5.07. The van der Waals surface area contributed by atoms with E-state index in [-0.39, 0.29) is 5.91 Å². The first kappa shape index (κ1) is 20.6. The van der Waals surface area contributed by atoms with Gasteiger partial charge in [-0.2, -0.15) is 0 Å². The lowest BCUT2D eigenvalue weighted by molar-refractivity contribution is -0.132. The Labute approximate surface area is 184 Å². The highest BCUT2D eigenvalue weighted by Gasteiger charge is 2.17. The molecule has 0 bridgehead atoms. The number of nitrogens with zero attached hydrogens (tertiary/aromatic N) is 2. The molecular weight excluding hydrogens is 412 g/mol. The van der Waals surface area contributed by atoms with Gasteiger partial charge in [0.25, 0.3) is 0 Å². The Kier molecular flexibility index (Phi) is 6.77. The van der Waals surface area contributed by atoms with Crippen molar-refractivity contribution in [1.29, 1.82) is 0 Å². The summed E-state index contributed by atoms with van der Waals surface area (Å²) < 4.78 is 6.69. The minimum Gasteiger partial charge on any atom is -0.496 e. The predicted molar refractivity (Wildman–Crippen MR) is 124 cm³/mol. The van der Waals surface area contributed by atoms with Gasteiger partial charge < -0.3 is 9.64 Å². The molecule has 0 aliphatic rings. The Balaban J connectivity index is 1.42. The molecule has 2 aromatic heterocycles. The van der Waals surface area contributed by atoms with Crippen LogP contribution in [0, 0.1) is 0 Å². The molecule has 0 aliphatic heterocycles. The number of rotatable bonds is 9. The van der Waals surface area contributed by atoms with Crippen LogP contribution in [0.3, 0.4) is 0 Å². The molecule has 0 aliphatic carbocycles. The Morgan fingerprint density at radius 3 is 2.67 bits per heavy atom. The largest absolute Gasteiger partial charge is 0.496 e. The fourth-order valence-electron chi connectivity index (χ4n) is 3.44. The van der Waals surface area contributed by atoms with Crippen molar-refractivity contribution in [3.8, 4) is 5.75 Å². The number of ether oxygens (including phenoxy) is 1. The summed E-state index contributed by atoms with van der Waals surface area (Å²) in [6.07, 6.45) is 2.13. The first-order chi connectivity index (χ1) is 14.7. The number of hydrogen-bond donors (Lipinski definition) is 0. The summed E-state index contributed by atoms with van der Waals surface area (Å²) in [5.74, 6) is 0.978. The third-order valence-electron chi connectivity index (χ3n) is 4.95. The van der Waals surface area contributed by atoms with Crippen molar-refractivity contribution in [3.05, 3.63) is 81.5 Å². The number of thiazole rings is 1. The maximum Gasteiger partial charge on any atom is 0.223 e. The van der Waals surface area contributed by atoms with E-state index in [1.54, 1.807) is 29.8 Å². The quantitative estimate of drug-likeness (QED) is 0.327. The van der Waals surface area contributed by atoms with E-state index in [4.69, 9.17) is 4.74 Å². The summed E-state index contributed by atoms with van der Waals surface area (Å²) in [4.78, 5) is 20.9. The molecule has 30 heavy (non-hydrogen) atoms. The second-order valence-electron chi connectivity index (χ2n) is 7.07. The summed E-state index contributed by atoms with van der Waals surface area (Å²) in [7, 11) is 1.67. The maximum atomic E-state index is 13.1. The minimum atomic E-state index is 0.162. The number of benzene rings is 2. The van der Waals surface area contributed by atoms with Crippen molar-refractivity contribution < 1.29 is 9.53 Å². The van der Waals surface area contributed by atoms with E-state index >= 15 is 0 Å². The second-order valence-corrected chi connectivity index (χ2v) is 9.22. The molecule has 4 nitrogen and oxygen atoms in total. The van der Waals surface area contributed by atoms with Crippen LogP contribution in [0.1, 0.15) is 28.3 Å². The SMILES string of the molecule is COc1ccccc1CN(Cc1cccs1)C(=O)CCCc1nc2ccccc2s1. The van der Waals surface area contributed by atoms with Gasteiger partial charge in [0.15, 0.2) is 0 Å². The van der Waals surface area contributed by atoms with Crippen LogP contribution in [-0.4, -0.2) is 22.9 Å². The molecule has 154 valence electrons. The van der Waals surface area contributed by atoms with Crippen LogP contribution >= 0.6 is 22.7 Å². The minimum absolute atomic E-state index is 0.162. The van der Waals surface area contributed by atoms with Gasteiger partial charge in [0.05, 0.1) is 28.9 Å². The van der Waals surface area contributed by atoms with E-state index in [0.29, 0.717) is 19.5 Å². The van der Waals surface area contributed by atoms with Crippen LogP contribution in [0.4, 0.5) is 0 Å². The molecular formula is C24H24N2O2S2. The molecule has 0 radical (unpaired) electrons. The lowest BCUT2D eigenvalue weighted by Gasteiger charge is -2.23. The fourth-order valence-corrected chi connectivity index (χ4v) is 5.17. The number of methoxy groups -OCH3 is 1. The molecule has 1 amide bonds. The van der Waals surface area contributed by atoms with Crippen LogP contribution in [-0.2, 0) is 24.3 Å². The molecule has 2 heterocycles. The summed E-state index contributed by atoms with van der Waals surface area (Å²) >= 11 is 3.40. The standard InChI is InChI=1S/C24H24N2O2S2/c1-28-21-11-4-2-8-18(21)16-26(17-19-9-7-15-29-19)24(27)14-6-13-23-25-20-10-3-5-12-22(20)30-23/h2-5,7-12,15H,6,13-14,16-17H2,1H3. The van der Waals surface area contributed by atoms with Crippen molar-refractivity contribution in [2.24, 2.45) is 0 Å². The van der Waals surface area contributed by atoms with Crippen LogP contribution in [0.5, 0.6) is 5.75 Å². The van der Waals surface area contributed by atoms with Gasteiger partial charge in [-0.3, -0.25) is 4.79 Å². The normalized spacial score (nSPS) is 11.0.